The first kappa shape index (κ1) is 14.8. The average molecular weight is 346 g/mol. The first-order valence-corrected chi connectivity index (χ1v) is 8.21. The van der Waals surface area contributed by atoms with Gasteiger partial charge in [-0.3, -0.25) is 0 Å². The van der Waals surface area contributed by atoms with Crippen LogP contribution in [0.1, 0.15) is 29.2 Å². The van der Waals surface area contributed by atoms with Gasteiger partial charge in [0, 0.05) is 10.5 Å². The second kappa shape index (κ2) is 6.73. The third-order valence-electron chi connectivity index (χ3n) is 4.05. The highest BCUT2D eigenvalue weighted by Gasteiger charge is 2.22. The predicted molar refractivity (Wildman–Crippen MR) is 89.3 cm³/mol. The van der Waals surface area contributed by atoms with Crippen LogP contribution in [0.25, 0.3) is 0 Å². The summed E-state index contributed by atoms with van der Waals surface area (Å²) in [7, 11) is 0. The second-order valence-corrected chi connectivity index (χ2v) is 6.45. The molecule has 2 aromatic carbocycles. The smallest absolute Gasteiger partial charge is 0.0842 e. The lowest BCUT2D eigenvalue weighted by Crippen LogP contribution is -2.28. The van der Waals surface area contributed by atoms with Crippen LogP contribution in [0.5, 0.6) is 0 Å². The molecule has 0 bridgehead atoms. The van der Waals surface area contributed by atoms with Gasteiger partial charge in [0.2, 0.25) is 0 Å². The van der Waals surface area contributed by atoms with Gasteiger partial charge in [-0.1, -0.05) is 58.4 Å². The molecule has 0 aromatic heterocycles. The number of nitrogens with two attached hydrogens (primary N) is 1. The lowest BCUT2D eigenvalue weighted by molar-refractivity contribution is 0.0321. The van der Waals surface area contributed by atoms with Crippen LogP contribution in [0.2, 0.25) is 0 Å². The molecule has 2 N–H and O–H groups in total. The van der Waals surface area contributed by atoms with Crippen LogP contribution in [-0.2, 0) is 17.6 Å². The summed E-state index contributed by atoms with van der Waals surface area (Å²) in [5.41, 5.74) is 10.3. The Hall–Kier alpha value is -1.16. The van der Waals surface area contributed by atoms with Crippen molar-refractivity contribution >= 4 is 15.9 Å². The molecule has 110 valence electrons. The number of hydrogen-bond donors (Lipinski definition) is 1. The normalized spacial score (nSPS) is 19.0. The fourth-order valence-corrected chi connectivity index (χ4v) is 3.42. The maximum atomic E-state index is 6.36. The number of fused-ring (bicyclic) bond motifs is 1. The molecular weight excluding hydrogens is 326 g/mol. The Balaban J connectivity index is 1.69. The van der Waals surface area contributed by atoms with E-state index in [1.54, 1.807) is 0 Å². The van der Waals surface area contributed by atoms with Gasteiger partial charge in [-0.25, -0.2) is 0 Å². The minimum absolute atomic E-state index is 0.0971. The minimum Gasteiger partial charge on any atom is -0.373 e. The van der Waals surface area contributed by atoms with Gasteiger partial charge >= 0.3 is 0 Å². The Morgan fingerprint density at radius 3 is 2.76 bits per heavy atom. The summed E-state index contributed by atoms with van der Waals surface area (Å²) in [6.07, 6.45) is 2.86. The minimum atomic E-state index is 0.0971. The zero-order valence-corrected chi connectivity index (χ0v) is 13.6. The molecule has 21 heavy (non-hydrogen) atoms. The maximum Gasteiger partial charge on any atom is 0.0842 e. The highest BCUT2D eigenvalue weighted by molar-refractivity contribution is 9.10. The third-order valence-corrected chi connectivity index (χ3v) is 4.82. The molecule has 0 spiro atoms. The van der Waals surface area contributed by atoms with E-state index in [1.165, 1.54) is 16.7 Å². The monoisotopic (exact) mass is 345 g/mol. The van der Waals surface area contributed by atoms with E-state index in [0.29, 0.717) is 0 Å². The van der Waals surface area contributed by atoms with E-state index in [1.807, 2.05) is 6.07 Å². The van der Waals surface area contributed by atoms with Crippen molar-refractivity contribution in [1.29, 1.82) is 0 Å². The number of halogens is 1. The van der Waals surface area contributed by atoms with Crippen LogP contribution in [0, 0.1) is 0 Å². The molecule has 3 rings (SSSR count). The van der Waals surface area contributed by atoms with Crippen molar-refractivity contribution in [2.45, 2.75) is 31.4 Å². The molecule has 2 atom stereocenters. The van der Waals surface area contributed by atoms with Crippen molar-refractivity contribution in [2.75, 3.05) is 6.61 Å². The van der Waals surface area contributed by atoms with Crippen LogP contribution in [0.4, 0.5) is 0 Å². The first-order chi connectivity index (χ1) is 10.2. The molecule has 0 fully saturated rings. The summed E-state index contributed by atoms with van der Waals surface area (Å²) in [5, 5.41) is 0. The summed E-state index contributed by atoms with van der Waals surface area (Å²) >= 11 is 3.59. The van der Waals surface area contributed by atoms with Crippen LogP contribution in [0.3, 0.4) is 0 Å². The lowest BCUT2D eigenvalue weighted by Gasteiger charge is -2.28. The molecule has 1 heterocycles. The highest BCUT2D eigenvalue weighted by atomic mass is 79.9. The van der Waals surface area contributed by atoms with Crippen LogP contribution < -0.4 is 5.73 Å². The van der Waals surface area contributed by atoms with E-state index < -0.39 is 0 Å². The fourth-order valence-electron chi connectivity index (χ4n) is 2.98. The van der Waals surface area contributed by atoms with Gasteiger partial charge in [0.1, 0.15) is 0 Å². The lowest BCUT2D eigenvalue weighted by atomic mass is 9.92. The first-order valence-electron chi connectivity index (χ1n) is 7.42. The van der Waals surface area contributed by atoms with E-state index >= 15 is 0 Å². The molecule has 0 radical (unpaired) electrons. The molecule has 0 saturated heterocycles. The molecule has 2 unspecified atom stereocenters. The van der Waals surface area contributed by atoms with Crippen molar-refractivity contribution in [1.82, 2.24) is 0 Å². The van der Waals surface area contributed by atoms with Crippen LogP contribution >= 0.6 is 15.9 Å². The van der Waals surface area contributed by atoms with Gasteiger partial charge in [-0.2, -0.15) is 0 Å². The van der Waals surface area contributed by atoms with E-state index in [9.17, 15) is 0 Å². The summed E-state index contributed by atoms with van der Waals surface area (Å²) in [6, 6.07) is 16.9. The van der Waals surface area contributed by atoms with Crippen LogP contribution in [-0.4, -0.2) is 12.6 Å². The van der Waals surface area contributed by atoms with E-state index in [2.05, 4.69) is 58.4 Å². The van der Waals surface area contributed by atoms with E-state index in [-0.39, 0.29) is 12.1 Å². The van der Waals surface area contributed by atoms with Gasteiger partial charge in [0.15, 0.2) is 0 Å². The standard InChI is InChI=1S/C18H20BrNO/c19-17-8-4-2-6-14(17)11-15(20)12-18-16-7-3-1-5-13(16)9-10-21-18/h1-8,15,18H,9-12,20H2. The molecule has 0 aliphatic carbocycles. The largest absolute Gasteiger partial charge is 0.373 e. The van der Waals surface area contributed by atoms with Gasteiger partial charge in [0.05, 0.1) is 12.7 Å². The van der Waals surface area contributed by atoms with Crippen LogP contribution in [0.15, 0.2) is 53.0 Å². The summed E-state index contributed by atoms with van der Waals surface area (Å²) in [5.74, 6) is 0. The van der Waals surface area contributed by atoms with E-state index in [4.69, 9.17) is 10.5 Å². The SMILES string of the molecule is NC(Cc1ccccc1Br)CC1OCCc2ccccc21. The van der Waals surface area contributed by atoms with Gasteiger partial charge < -0.3 is 10.5 Å². The molecule has 3 heteroatoms. The zero-order chi connectivity index (χ0) is 14.7. The zero-order valence-electron chi connectivity index (χ0n) is 12.0. The number of ether oxygens (including phenoxy) is 1. The fraction of sp³-hybridized carbons (Fsp3) is 0.333. The molecule has 0 amide bonds. The van der Waals surface area contributed by atoms with Crippen molar-refractivity contribution in [3.8, 4) is 0 Å². The van der Waals surface area contributed by atoms with Crippen molar-refractivity contribution in [2.24, 2.45) is 5.73 Å². The highest BCUT2D eigenvalue weighted by Crippen LogP contribution is 2.31. The molecule has 2 nitrogen and oxygen atoms in total. The van der Waals surface area contributed by atoms with Gasteiger partial charge in [-0.05, 0) is 42.0 Å². The number of rotatable bonds is 4. The Bertz CT molecular complexity index is 614. The third kappa shape index (κ3) is 3.54. The Morgan fingerprint density at radius 1 is 1.14 bits per heavy atom. The topological polar surface area (TPSA) is 35.2 Å². The quantitative estimate of drug-likeness (QED) is 0.907. The Morgan fingerprint density at radius 2 is 1.90 bits per heavy atom. The predicted octanol–water partition coefficient (Wildman–Crippen LogP) is 4.02. The van der Waals surface area contributed by atoms with E-state index in [0.717, 1.165) is 30.3 Å². The van der Waals surface area contributed by atoms with Crippen molar-refractivity contribution in [3.05, 3.63) is 69.7 Å². The van der Waals surface area contributed by atoms with Gasteiger partial charge in [0.25, 0.3) is 0 Å². The second-order valence-electron chi connectivity index (χ2n) is 5.60. The summed E-state index contributed by atoms with van der Waals surface area (Å²) in [6.45, 7) is 0.795. The molecular formula is C18H20BrNO. The van der Waals surface area contributed by atoms with Crippen molar-refractivity contribution in [3.63, 3.8) is 0 Å². The average Bonchev–Trinajstić information content (AvgIpc) is 2.50. The molecule has 1 aliphatic heterocycles. The molecule has 0 saturated carbocycles. The van der Waals surface area contributed by atoms with Gasteiger partial charge in [-0.15, -0.1) is 0 Å². The summed E-state index contributed by atoms with van der Waals surface area (Å²) in [4.78, 5) is 0. The Labute approximate surface area is 134 Å². The number of hydrogen-bond acceptors (Lipinski definition) is 2. The summed E-state index contributed by atoms with van der Waals surface area (Å²) < 4.78 is 7.08. The Kier molecular flexibility index (Phi) is 4.73. The molecule has 2 aromatic rings. The number of benzene rings is 2. The maximum absolute atomic E-state index is 6.36. The van der Waals surface area contributed by atoms with Crippen molar-refractivity contribution < 1.29 is 4.74 Å². The molecule has 1 aliphatic rings.